The molecule has 1 unspecified atom stereocenters. The number of carbonyl (C=O) groups excluding carboxylic acids is 2. The number of rotatable bonds is 22. The van der Waals surface area contributed by atoms with E-state index in [1.54, 1.807) is 42.5 Å². The molecule has 1 aliphatic rings. The highest BCUT2D eigenvalue weighted by Crippen LogP contribution is 2.34. The summed E-state index contributed by atoms with van der Waals surface area (Å²) >= 11 is 0. The Bertz CT molecular complexity index is 1770. The zero-order valence-corrected chi connectivity index (χ0v) is 30.8. The highest BCUT2D eigenvalue weighted by molar-refractivity contribution is 7.86. The summed E-state index contributed by atoms with van der Waals surface area (Å²) in [5, 5.41) is 26.1. The van der Waals surface area contributed by atoms with Crippen LogP contribution in [0.4, 0.5) is 11.4 Å². The number of ether oxygens (including phenoxy) is 1. The van der Waals surface area contributed by atoms with Crippen molar-refractivity contribution in [3.63, 3.8) is 0 Å². The number of hydrazone groups is 1. The fourth-order valence-corrected chi connectivity index (χ4v) is 6.52. The number of phenols is 1. The zero-order valence-electron chi connectivity index (χ0n) is 30.0. The van der Waals surface area contributed by atoms with E-state index < -0.39 is 27.0 Å². The number of hydrogen-bond acceptors (Lipinski definition) is 9. The molecule has 0 bridgehead atoms. The number of nitrogens with one attached hydrogen (secondary N) is 1. The van der Waals surface area contributed by atoms with Crippen LogP contribution in [0.3, 0.4) is 0 Å². The Kier molecular flexibility index (Phi) is 16.2. The minimum atomic E-state index is -4.80. The summed E-state index contributed by atoms with van der Waals surface area (Å²) in [7, 11) is -4.80. The number of nitrogens with zero attached hydrogens (tertiary/aromatic N) is 4. The maximum Gasteiger partial charge on any atom is 0.298 e. The van der Waals surface area contributed by atoms with Crippen molar-refractivity contribution in [2.45, 2.75) is 121 Å². The first-order valence-corrected chi connectivity index (χ1v) is 19.9. The molecule has 0 saturated heterocycles. The molecule has 1 aliphatic heterocycles. The van der Waals surface area contributed by atoms with Crippen molar-refractivity contribution in [2.75, 3.05) is 5.01 Å². The van der Waals surface area contributed by atoms with E-state index in [4.69, 9.17) is 4.74 Å². The topological polar surface area (TPSA) is 170 Å². The highest BCUT2D eigenvalue weighted by atomic mass is 32.2. The molecule has 1 atom stereocenters. The number of para-hydroxylation sites is 2. The van der Waals surface area contributed by atoms with Gasteiger partial charge in [-0.15, -0.1) is 5.10 Å². The molecule has 2 amide bonds. The third-order valence-electron chi connectivity index (χ3n) is 8.77. The largest absolute Gasteiger partial charge is 0.506 e. The van der Waals surface area contributed by atoms with Gasteiger partial charge in [-0.25, -0.2) is 0 Å². The van der Waals surface area contributed by atoms with Gasteiger partial charge in [-0.2, -0.15) is 23.7 Å². The number of amides is 2. The molecule has 4 rings (SSSR count). The number of benzene rings is 3. The summed E-state index contributed by atoms with van der Waals surface area (Å²) in [6, 6.07) is 16.9. The normalized spacial score (nSPS) is 14.6. The summed E-state index contributed by atoms with van der Waals surface area (Å²) in [4.78, 5) is 26.1. The second-order valence-electron chi connectivity index (χ2n) is 13.0. The molecule has 0 aromatic heterocycles. The first-order valence-electron chi connectivity index (χ1n) is 18.4. The van der Waals surface area contributed by atoms with Crippen LogP contribution in [0.1, 0.15) is 110 Å². The SMILES string of the molecule is CCCCCCCCCCCCCCCCCC(=O)NC1=NN(c2ccc(Oc3ccccc3)c(S(=O)(=O)O)c2)C(=O)C1N=Nc1ccccc1O. The van der Waals surface area contributed by atoms with E-state index in [0.29, 0.717) is 12.2 Å². The zero-order chi connectivity index (χ0) is 37.2. The summed E-state index contributed by atoms with van der Waals surface area (Å²) in [5.74, 6) is -1.18. The lowest BCUT2D eigenvalue weighted by Crippen LogP contribution is -2.39. The number of azo groups is 1. The molecule has 3 aromatic rings. The summed E-state index contributed by atoms with van der Waals surface area (Å²) in [5.41, 5.74) is 0.0840. The number of aromatic hydroxyl groups is 1. The van der Waals surface area contributed by atoms with Crippen LogP contribution >= 0.6 is 0 Å². The van der Waals surface area contributed by atoms with Crippen molar-refractivity contribution < 1.29 is 32.4 Å². The molecule has 280 valence electrons. The number of anilines is 1. The number of unbranched alkanes of at least 4 members (excludes halogenated alkanes) is 14. The first-order chi connectivity index (χ1) is 25.2. The molecule has 0 aliphatic carbocycles. The molecule has 3 aromatic carbocycles. The average Bonchev–Trinajstić information content (AvgIpc) is 3.43. The Labute approximate surface area is 307 Å². The molecule has 0 saturated carbocycles. The molecule has 0 radical (unpaired) electrons. The van der Waals surface area contributed by atoms with E-state index in [-0.39, 0.29) is 41.0 Å². The second-order valence-corrected chi connectivity index (χ2v) is 14.4. The van der Waals surface area contributed by atoms with Crippen molar-refractivity contribution in [3.05, 3.63) is 72.8 Å². The van der Waals surface area contributed by atoms with Gasteiger partial charge in [0, 0.05) is 6.42 Å². The van der Waals surface area contributed by atoms with Crippen LogP contribution in [0.5, 0.6) is 17.2 Å². The van der Waals surface area contributed by atoms with Crippen molar-refractivity contribution >= 4 is 39.1 Å². The van der Waals surface area contributed by atoms with Gasteiger partial charge in [0.2, 0.25) is 11.9 Å². The van der Waals surface area contributed by atoms with Crippen molar-refractivity contribution in [1.29, 1.82) is 0 Å². The van der Waals surface area contributed by atoms with E-state index in [1.807, 2.05) is 0 Å². The van der Waals surface area contributed by atoms with Gasteiger partial charge in [-0.1, -0.05) is 127 Å². The van der Waals surface area contributed by atoms with E-state index in [1.165, 1.54) is 94.9 Å². The van der Waals surface area contributed by atoms with Gasteiger partial charge in [0.25, 0.3) is 16.0 Å². The van der Waals surface area contributed by atoms with Crippen LogP contribution in [0.2, 0.25) is 0 Å². The van der Waals surface area contributed by atoms with Crippen LogP contribution in [0.25, 0.3) is 0 Å². The maximum absolute atomic E-state index is 13.6. The lowest BCUT2D eigenvalue weighted by molar-refractivity contribution is -0.119. The van der Waals surface area contributed by atoms with Gasteiger partial charge in [-0.3, -0.25) is 14.1 Å². The standard InChI is InChI=1S/C39H51N5O7S/c1-2-3-4-5-6-7-8-9-10-11-12-13-14-15-19-26-36(46)40-38-37(42-41-32-24-20-21-25-33(32)45)39(47)44(43-38)30-27-28-34(35(29-30)52(48,49)50)51-31-22-17-16-18-23-31/h16-18,20-25,27-29,37,45H,2-15,19,26H2,1H3,(H,40,43,46)(H,48,49,50). The van der Waals surface area contributed by atoms with E-state index in [9.17, 15) is 27.7 Å². The fraction of sp³-hybridized carbons (Fsp3) is 0.462. The van der Waals surface area contributed by atoms with Crippen molar-refractivity contribution in [2.24, 2.45) is 15.3 Å². The molecule has 3 N–H and O–H groups in total. The number of carbonyl (C=O) groups is 2. The Morgan fingerprint density at radius 3 is 2.00 bits per heavy atom. The Balaban J connectivity index is 1.34. The quantitative estimate of drug-likeness (QED) is 0.0524. The molecule has 13 heteroatoms. The van der Waals surface area contributed by atoms with Crippen LogP contribution in [-0.4, -0.2) is 41.8 Å². The number of amidine groups is 1. The lowest BCUT2D eigenvalue weighted by Gasteiger charge is -2.15. The molecule has 52 heavy (non-hydrogen) atoms. The molecular formula is C39H51N5O7S. The summed E-state index contributed by atoms with van der Waals surface area (Å²) in [6.07, 6.45) is 18.4. The Morgan fingerprint density at radius 2 is 1.40 bits per heavy atom. The predicted molar refractivity (Wildman–Crippen MR) is 202 cm³/mol. The van der Waals surface area contributed by atoms with Crippen LogP contribution in [-0.2, 0) is 19.7 Å². The summed E-state index contributed by atoms with van der Waals surface area (Å²) < 4.78 is 40.4. The Morgan fingerprint density at radius 1 is 0.827 bits per heavy atom. The molecule has 12 nitrogen and oxygen atoms in total. The average molecular weight is 734 g/mol. The fourth-order valence-electron chi connectivity index (χ4n) is 5.89. The van der Waals surface area contributed by atoms with Gasteiger partial charge in [0.15, 0.2) is 5.84 Å². The predicted octanol–water partition coefficient (Wildman–Crippen LogP) is 9.62. The Hall–Kier alpha value is -4.62. The van der Waals surface area contributed by atoms with Crippen LogP contribution in [0, 0.1) is 0 Å². The maximum atomic E-state index is 13.6. The first kappa shape index (κ1) is 40.2. The molecular weight excluding hydrogens is 683 g/mol. The highest BCUT2D eigenvalue weighted by Gasteiger charge is 2.39. The minimum absolute atomic E-state index is 0.0209. The van der Waals surface area contributed by atoms with Crippen molar-refractivity contribution in [1.82, 2.24) is 5.32 Å². The van der Waals surface area contributed by atoms with Crippen molar-refractivity contribution in [3.8, 4) is 17.2 Å². The monoisotopic (exact) mass is 733 g/mol. The molecule has 0 spiro atoms. The summed E-state index contributed by atoms with van der Waals surface area (Å²) in [6.45, 7) is 2.24. The second kappa shape index (κ2) is 21.0. The van der Waals surface area contributed by atoms with E-state index in [2.05, 4.69) is 27.6 Å². The third kappa shape index (κ3) is 12.9. The number of phenolic OH excluding ortho intramolecular Hbond substituents is 1. The van der Waals surface area contributed by atoms with Gasteiger partial charge in [0.1, 0.15) is 27.8 Å². The van der Waals surface area contributed by atoms with Gasteiger partial charge < -0.3 is 15.2 Å². The third-order valence-corrected chi connectivity index (χ3v) is 9.64. The smallest absolute Gasteiger partial charge is 0.298 e. The minimum Gasteiger partial charge on any atom is -0.506 e. The van der Waals surface area contributed by atoms with Crippen LogP contribution < -0.4 is 15.1 Å². The van der Waals surface area contributed by atoms with Gasteiger partial charge >= 0.3 is 0 Å². The lowest BCUT2D eigenvalue weighted by atomic mass is 10.0. The molecule has 1 heterocycles. The van der Waals surface area contributed by atoms with E-state index in [0.717, 1.165) is 30.3 Å². The van der Waals surface area contributed by atoms with E-state index >= 15 is 0 Å². The van der Waals surface area contributed by atoms with Gasteiger partial charge in [0.05, 0.1) is 5.69 Å². The number of hydrogen-bond donors (Lipinski definition) is 3. The van der Waals surface area contributed by atoms with Gasteiger partial charge in [-0.05, 0) is 48.9 Å². The molecule has 0 fully saturated rings. The van der Waals surface area contributed by atoms with Crippen LogP contribution in [0.15, 0.2) is 93.0 Å².